The van der Waals surface area contributed by atoms with E-state index in [1.165, 1.54) is 24.8 Å². The van der Waals surface area contributed by atoms with Crippen molar-refractivity contribution in [2.45, 2.75) is 51.7 Å². The zero-order valence-corrected chi connectivity index (χ0v) is 11.7. The van der Waals surface area contributed by atoms with Crippen molar-refractivity contribution < 1.29 is 0 Å². The van der Waals surface area contributed by atoms with E-state index in [1.807, 2.05) is 0 Å². The van der Waals surface area contributed by atoms with Gasteiger partial charge in [-0.3, -0.25) is 4.90 Å². The van der Waals surface area contributed by atoms with Crippen LogP contribution in [0.25, 0.3) is 0 Å². The Labute approximate surface area is 107 Å². The minimum Gasteiger partial charge on any atom is -0.294 e. The SMILES string of the molecule is C[C@@H]1CCC[C@H](C)N1Cc1ccc(Br)cc1. The summed E-state index contributed by atoms with van der Waals surface area (Å²) >= 11 is 3.48. The predicted octanol–water partition coefficient (Wildman–Crippen LogP) is 4.21. The third kappa shape index (κ3) is 2.86. The number of likely N-dealkylation sites (tertiary alicyclic amines) is 1. The van der Waals surface area contributed by atoms with Crippen LogP contribution in [0.5, 0.6) is 0 Å². The Balaban J connectivity index is 2.04. The van der Waals surface area contributed by atoms with Gasteiger partial charge in [-0.1, -0.05) is 34.5 Å². The van der Waals surface area contributed by atoms with Crippen LogP contribution in [0.1, 0.15) is 38.7 Å². The third-order valence-electron chi connectivity index (χ3n) is 3.65. The molecule has 1 aromatic rings. The summed E-state index contributed by atoms with van der Waals surface area (Å²) in [5.74, 6) is 0. The molecular weight excluding hydrogens is 262 g/mol. The fraction of sp³-hybridized carbons (Fsp3) is 0.571. The summed E-state index contributed by atoms with van der Waals surface area (Å²) in [6.45, 7) is 5.80. The van der Waals surface area contributed by atoms with Gasteiger partial charge in [-0.05, 0) is 44.4 Å². The molecule has 1 aliphatic heterocycles. The van der Waals surface area contributed by atoms with Gasteiger partial charge in [0.05, 0.1) is 0 Å². The number of rotatable bonds is 2. The van der Waals surface area contributed by atoms with Gasteiger partial charge < -0.3 is 0 Å². The predicted molar refractivity (Wildman–Crippen MR) is 72.5 cm³/mol. The molecule has 2 rings (SSSR count). The van der Waals surface area contributed by atoms with Crippen LogP contribution in [0.4, 0.5) is 0 Å². The summed E-state index contributed by atoms with van der Waals surface area (Å²) in [5, 5.41) is 0. The van der Waals surface area contributed by atoms with Crippen molar-refractivity contribution in [3.8, 4) is 0 Å². The normalized spacial score (nSPS) is 26.9. The van der Waals surface area contributed by atoms with Gasteiger partial charge in [-0.15, -0.1) is 0 Å². The topological polar surface area (TPSA) is 3.24 Å². The second-order valence-electron chi connectivity index (χ2n) is 4.93. The lowest BCUT2D eigenvalue weighted by molar-refractivity contribution is 0.0953. The molecule has 0 radical (unpaired) electrons. The van der Waals surface area contributed by atoms with Crippen molar-refractivity contribution in [1.82, 2.24) is 4.90 Å². The fourth-order valence-corrected chi connectivity index (χ4v) is 2.85. The Morgan fingerprint density at radius 3 is 2.25 bits per heavy atom. The van der Waals surface area contributed by atoms with Crippen molar-refractivity contribution in [1.29, 1.82) is 0 Å². The van der Waals surface area contributed by atoms with E-state index in [4.69, 9.17) is 0 Å². The molecule has 2 heteroatoms. The highest BCUT2D eigenvalue weighted by Gasteiger charge is 2.24. The van der Waals surface area contributed by atoms with Crippen LogP contribution in [0.15, 0.2) is 28.7 Å². The molecule has 0 bridgehead atoms. The molecule has 2 atom stereocenters. The first-order valence-electron chi connectivity index (χ1n) is 6.17. The van der Waals surface area contributed by atoms with E-state index in [2.05, 4.69) is 58.9 Å². The lowest BCUT2D eigenvalue weighted by atomic mass is 9.97. The molecule has 1 nitrogen and oxygen atoms in total. The maximum atomic E-state index is 3.48. The number of benzene rings is 1. The summed E-state index contributed by atoms with van der Waals surface area (Å²) in [6, 6.07) is 10.2. The molecule has 88 valence electrons. The van der Waals surface area contributed by atoms with E-state index < -0.39 is 0 Å². The van der Waals surface area contributed by atoms with Crippen LogP contribution in [0.3, 0.4) is 0 Å². The Bertz CT molecular complexity index is 323. The molecule has 16 heavy (non-hydrogen) atoms. The van der Waals surface area contributed by atoms with Gasteiger partial charge in [0.25, 0.3) is 0 Å². The zero-order chi connectivity index (χ0) is 11.5. The summed E-state index contributed by atoms with van der Waals surface area (Å²) in [7, 11) is 0. The van der Waals surface area contributed by atoms with E-state index in [0.717, 1.165) is 23.1 Å². The Hall–Kier alpha value is -0.340. The molecule has 0 N–H and O–H groups in total. The van der Waals surface area contributed by atoms with Crippen molar-refractivity contribution in [3.63, 3.8) is 0 Å². The largest absolute Gasteiger partial charge is 0.294 e. The minimum atomic E-state index is 0.729. The quantitative estimate of drug-likeness (QED) is 0.785. The van der Waals surface area contributed by atoms with E-state index >= 15 is 0 Å². The molecule has 0 saturated carbocycles. The molecule has 0 unspecified atom stereocenters. The van der Waals surface area contributed by atoms with Gasteiger partial charge in [-0.25, -0.2) is 0 Å². The second-order valence-corrected chi connectivity index (χ2v) is 5.84. The van der Waals surface area contributed by atoms with E-state index in [-0.39, 0.29) is 0 Å². The summed E-state index contributed by atoms with van der Waals surface area (Å²) in [4.78, 5) is 2.63. The zero-order valence-electron chi connectivity index (χ0n) is 10.1. The molecule has 0 aliphatic carbocycles. The maximum Gasteiger partial charge on any atom is 0.0239 e. The molecule has 1 heterocycles. The van der Waals surface area contributed by atoms with Crippen molar-refractivity contribution in [2.75, 3.05) is 0 Å². The molecular formula is C14H20BrN. The van der Waals surface area contributed by atoms with E-state index in [0.29, 0.717) is 0 Å². The number of piperidine rings is 1. The molecule has 1 saturated heterocycles. The number of hydrogen-bond donors (Lipinski definition) is 0. The number of nitrogens with zero attached hydrogens (tertiary/aromatic N) is 1. The fourth-order valence-electron chi connectivity index (χ4n) is 2.59. The van der Waals surface area contributed by atoms with Gasteiger partial charge >= 0.3 is 0 Å². The van der Waals surface area contributed by atoms with Gasteiger partial charge in [0, 0.05) is 23.1 Å². The molecule has 0 spiro atoms. The van der Waals surface area contributed by atoms with E-state index in [1.54, 1.807) is 0 Å². The molecule has 0 amide bonds. The minimum absolute atomic E-state index is 0.729. The Morgan fingerprint density at radius 1 is 1.12 bits per heavy atom. The Kier molecular flexibility index (Phi) is 4.04. The second kappa shape index (κ2) is 5.33. The van der Waals surface area contributed by atoms with Crippen LogP contribution < -0.4 is 0 Å². The first-order chi connectivity index (χ1) is 7.66. The van der Waals surface area contributed by atoms with Gasteiger partial charge in [0.1, 0.15) is 0 Å². The highest BCUT2D eigenvalue weighted by atomic mass is 79.9. The van der Waals surface area contributed by atoms with Crippen LogP contribution in [-0.4, -0.2) is 17.0 Å². The lowest BCUT2D eigenvalue weighted by Gasteiger charge is -2.39. The summed E-state index contributed by atoms with van der Waals surface area (Å²) in [5.41, 5.74) is 1.42. The van der Waals surface area contributed by atoms with Crippen LogP contribution in [0.2, 0.25) is 0 Å². The first-order valence-corrected chi connectivity index (χ1v) is 6.96. The third-order valence-corrected chi connectivity index (χ3v) is 4.18. The Morgan fingerprint density at radius 2 is 1.69 bits per heavy atom. The van der Waals surface area contributed by atoms with Crippen molar-refractivity contribution in [3.05, 3.63) is 34.3 Å². The van der Waals surface area contributed by atoms with Crippen LogP contribution in [-0.2, 0) is 6.54 Å². The van der Waals surface area contributed by atoms with E-state index in [9.17, 15) is 0 Å². The first kappa shape index (κ1) is 12.1. The molecule has 1 aromatic carbocycles. The lowest BCUT2D eigenvalue weighted by Crippen LogP contribution is -2.42. The van der Waals surface area contributed by atoms with Crippen molar-refractivity contribution in [2.24, 2.45) is 0 Å². The average molecular weight is 282 g/mol. The highest BCUT2D eigenvalue weighted by Crippen LogP contribution is 2.24. The summed E-state index contributed by atoms with van der Waals surface area (Å²) in [6.07, 6.45) is 4.08. The van der Waals surface area contributed by atoms with Gasteiger partial charge in [0.2, 0.25) is 0 Å². The number of hydrogen-bond acceptors (Lipinski definition) is 1. The van der Waals surface area contributed by atoms with Crippen LogP contribution >= 0.6 is 15.9 Å². The van der Waals surface area contributed by atoms with Crippen LogP contribution in [0, 0.1) is 0 Å². The number of halogens is 1. The summed E-state index contributed by atoms with van der Waals surface area (Å²) < 4.78 is 1.16. The molecule has 1 aliphatic rings. The smallest absolute Gasteiger partial charge is 0.0239 e. The molecule has 0 aromatic heterocycles. The maximum absolute atomic E-state index is 3.48. The van der Waals surface area contributed by atoms with Crippen molar-refractivity contribution >= 4 is 15.9 Å². The highest BCUT2D eigenvalue weighted by molar-refractivity contribution is 9.10. The monoisotopic (exact) mass is 281 g/mol. The standard InChI is InChI=1S/C14H20BrN/c1-11-4-3-5-12(2)16(11)10-13-6-8-14(15)9-7-13/h6-9,11-12H,3-5,10H2,1-2H3/t11-,12+. The molecule has 1 fully saturated rings. The van der Waals surface area contributed by atoms with Gasteiger partial charge in [0.15, 0.2) is 0 Å². The average Bonchev–Trinajstić information content (AvgIpc) is 2.26. The van der Waals surface area contributed by atoms with Gasteiger partial charge in [-0.2, -0.15) is 0 Å².